The molecule has 3 heterocycles. The molecule has 0 radical (unpaired) electrons. The normalized spacial score (nSPS) is 21.6. The molecule has 1 fully saturated rings. The average Bonchev–Trinajstić information content (AvgIpc) is 3.32. The maximum Gasteiger partial charge on any atom is 0.278 e. The summed E-state index contributed by atoms with van der Waals surface area (Å²) >= 11 is 1.41. The molecule has 2 aromatic heterocycles. The van der Waals surface area contributed by atoms with E-state index in [0.717, 1.165) is 75.7 Å². The summed E-state index contributed by atoms with van der Waals surface area (Å²) < 4.78 is 31.2. The van der Waals surface area contributed by atoms with Crippen LogP contribution in [0.1, 0.15) is 55.3 Å². The van der Waals surface area contributed by atoms with Crippen LogP contribution in [-0.2, 0) is 31.1 Å². The first kappa shape index (κ1) is 25.0. The number of carbonyl (C=O) groups is 1. The maximum absolute atomic E-state index is 13.0. The molecule has 0 unspecified atom stereocenters. The highest BCUT2D eigenvalue weighted by atomic mass is 32.1. The minimum absolute atomic E-state index is 0.0200. The summed E-state index contributed by atoms with van der Waals surface area (Å²) in [5, 5.41) is 11.7. The van der Waals surface area contributed by atoms with E-state index in [9.17, 15) is 13.6 Å². The van der Waals surface area contributed by atoms with Gasteiger partial charge in [-0.1, -0.05) is 11.3 Å². The summed E-state index contributed by atoms with van der Waals surface area (Å²) in [6, 6.07) is 0.254. The van der Waals surface area contributed by atoms with Crippen LogP contribution < -0.4 is 10.1 Å². The van der Waals surface area contributed by atoms with Crippen LogP contribution >= 0.6 is 11.3 Å². The minimum Gasteiger partial charge on any atom is -0.464 e. The van der Waals surface area contributed by atoms with E-state index in [-0.39, 0.29) is 18.4 Å². The summed E-state index contributed by atoms with van der Waals surface area (Å²) in [6.45, 7) is 3.20. The van der Waals surface area contributed by atoms with E-state index >= 15 is 0 Å². The first-order valence-corrected chi connectivity index (χ1v) is 12.9. The van der Waals surface area contributed by atoms with Gasteiger partial charge in [-0.15, -0.1) is 0 Å². The van der Waals surface area contributed by atoms with Crippen LogP contribution in [0.5, 0.6) is 5.19 Å². The van der Waals surface area contributed by atoms with Crippen molar-refractivity contribution in [1.82, 2.24) is 30.2 Å². The zero-order valence-corrected chi connectivity index (χ0v) is 20.8. The summed E-state index contributed by atoms with van der Waals surface area (Å²) in [5.41, 5.74) is 1.70. The minimum atomic E-state index is -2.85. The van der Waals surface area contributed by atoms with Gasteiger partial charge in [0.25, 0.3) is 11.1 Å². The van der Waals surface area contributed by atoms with Crippen LogP contribution in [0, 0.1) is 5.92 Å². The van der Waals surface area contributed by atoms with Crippen LogP contribution in [0.15, 0.2) is 6.20 Å². The molecule has 0 saturated heterocycles. The molecule has 1 aliphatic heterocycles. The van der Waals surface area contributed by atoms with E-state index < -0.39 is 12.5 Å². The SMILES string of the molecule is Cn1ncc(CC(=O)NC2CCC(CCN3CCc4nc(OCC(C)(F)F)sc4CC3)CC2)n1. The molecule has 188 valence electrons. The highest BCUT2D eigenvalue weighted by Crippen LogP contribution is 2.30. The number of aromatic nitrogens is 4. The summed E-state index contributed by atoms with van der Waals surface area (Å²) in [7, 11) is 1.75. The lowest BCUT2D eigenvalue weighted by Gasteiger charge is -2.30. The van der Waals surface area contributed by atoms with Gasteiger partial charge in [0.1, 0.15) is 0 Å². The summed E-state index contributed by atoms with van der Waals surface area (Å²) in [6.07, 6.45) is 9.14. The van der Waals surface area contributed by atoms with Crippen molar-refractivity contribution in [3.05, 3.63) is 22.5 Å². The first-order valence-electron chi connectivity index (χ1n) is 12.1. The lowest BCUT2D eigenvalue weighted by molar-refractivity contribution is -0.121. The molecule has 4 rings (SSSR count). The molecule has 1 saturated carbocycles. The molecule has 1 aliphatic carbocycles. The fourth-order valence-corrected chi connectivity index (χ4v) is 5.68. The number of amides is 1. The third-order valence-electron chi connectivity index (χ3n) is 6.58. The smallest absolute Gasteiger partial charge is 0.278 e. The van der Waals surface area contributed by atoms with Gasteiger partial charge in [0.05, 0.1) is 24.0 Å². The van der Waals surface area contributed by atoms with Gasteiger partial charge in [0.15, 0.2) is 6.61 Å². The highest BCUT2D eigenvalue weighted by Gasteiger charge is 2.26. The molecular formula is C23H34F2N6O2S. The maximum atomic E-state index is 13.0. The van der Waals surface area contributed by atoms with Crippen molar-refractivity contribution in [1.29, 1.82) is 0 Å². The van der Waals surface area contributed by atoms with Gasteiger partial charge in [-0.2, -0.15) is 15.0 Å². The van der Waals surface area contributed by atoms with E-state index in [4.69, 9.17) is 4.74 Å². The van der Waals surface area contributed by atoms with Gasteiger partial charge < -0.3 is 15.0 Å². The molecule has 8 nitrogen and oxygen atoms in total. The number of hydrogen-bond donors (Lipinski definition) is 1. The molecule has 1 N–H and O–H groups in total. The van der Waals surface area contributed by atoms with Gasteiger partial charge in [-0.05, 0) is 51.0 Å². The molecule has 0 aromatic carbocycles. The molecule has 0 atom stereocenters. The molecule has 34 heavy (non-hydrogen) atoms. The molecule has 0 bridgehead atoms. The summed E-state index contributed by atoms with van der Waals surface area (Å²) in [4.78, 5) is 21.8. The average molecular weight is 497 g/mol. The van der Waals surface area contributed by atoms with Gasteiger partial charge in [-0.25, -0.2) is 13.8 Å². The van der Waals surface area contributed by atoms with E-state index in [1.165, 1.54) is 22.6 Å². The number of carbonyl (C=O) groups excluding carboxylic acids is 1. The Hall–Kier alpha value is -2.14. The van der Waals surface area contributed by atoms with Crippen molar-refractivity contribution in [3.63, 3.8) is 0 Å². The number of rotatable bonds is 9. The Bertz CT molecular complexity index is 926. The third kappa shape index (κ3) is 7.43. The Kier molecular flexibility index (Phi) is 8.13. The number of thiazole rings is 1. The first-order chi connectivity index (χ1) is 16.2. The number of nitrogens with one attached hydrogen (secondary N) is 1. The molecule has 11 heteroatoms. The van der Waals surface area contributed by atoms with Gasteiger partial charge >= 0.3 is 0 Å². The second kappa shape index (κ2) is 11.1. The molecule has 2 aliphatic rings. The second-order valence-corrected chi connectivity index (χ2v) is 10.7. The lowest BCUT2D eigenvalue weighted by Crippen LogP contribution is -2.39. The van der Waals surface area contributed by atoms with Crippen molar-refractivity contribution in [2.45, 2.75) is 70.3 Å². The van der Waals surface area contributed by atoms with E-state index in [1.54, 1.807) is 13.2 Å². The Labute approximate surface area is 203 Å². The zero-order chi connectivity index (χ0) is 24.1. The van der Waals surface area contributed by atoms with Crippen LogP contribution in [-0.4, -0.2) is 69.0 Å². The largest absolute Gasteiger partial charge is 0.464 e. The number of aryl methyl sites for hydroxylation is 1. The number of nitrogens with zero attached hydrogens (tertiary/aromatic N) is 5. The summed E-state index contributed by atoms with van der Waals surface area (Å²) in [5.74, 6) is -2.13. The second-order valence-electron chi connectivity index (χ2n) is 9.63. The predicted molar refractivity (Wildman–Crippen MR) is 125 cm³/mol. The fourth-order valence-electron chi connectivity index (χ4n) is 4.73. The zero-order valence-electron chi connectivity index (χ0n) is 19.9. The van der Waals surface area contributed by atoms with Gasteiger partial charge in [0.2, 0.25) is 5.91 Å². The predicted octanol–water partition coefficient (Wildman–Crippen LogP) is 3.01. The number of ether oxygens (including phenoxy) is 1. The molecule has 2 aromatic rings. The third-order valence-corrected chi connectivity index (χ3v) is 7.65. The number of halogens is 2. The number of hydrogen-bond acceptors (Lipinski definition) is 7. The quantitative estimate of drug-likeness (QED) is 0.575. The molecule has 1 amide bonds. The van der Waals surface area contributed by atoms with Crippen molar-refractivity contribution in [3.8, 4) is 5.19 Å². The van der Waals surface area contributed by atoms with Crippen LogP contribution in [0.3, 0.4) is 0 Å². The van der Waals surface area contributed by atoms with Gasteiger partial charge in [0, 0.05) is 44.4 Å². The van der Waals surface area contributed by atoms with E-state index in [2.05, 4.69) is 25.4 Å². The Balaban J connectivity index is 1.13. The Morgan fingerprint density at radius 3 is 2.74 bits per heavy atom. The highest BCUT2D eigenvalue weighted by molar-refractivity contribution is 7.13. The monoisotopic (exact) mass is 496 g/mol. The van der Waals surface area contributed by atoms with Gasteiger partial charge in [-0.3, -0.25) is 4.79 Å². The fraction of sp³-hybridized carbons (Fsp3) is 0.739. The van der Waals surface area contributed by atoms with Crippen LogP contribution in [0.4, 0.5) is 8.78 Å². The van der Waals surface area contributed by atoms with E-state index in [1.807, 2.05) is 0 Å². The van der Waals surface area contributed by atoms with Crippen molar-refractivity contribution < 1.29 is 18.3 Å². The molecular weight excluding hydrogens is 462 g/mol. The van der Waals surface area contributed by atoms with Crippen molar-refractivity contribution in [2.75, 3.05) is 26.2 Å². The topological polar surface area (TPSA) is 85.2 Å². The van der Waals surface area contributed by atoms with E-state index in [0.29, 0.717) is 16.8 Å². The lowest BCUT2D eigenvalue weighted by atomic mass is 9.84. The standard InChI is InChI=1S/C23H34F2N6O2S/c1-23(24,25)15-33-22-28-19-8-11-31(12-9-20(19)34-22)10-7-16-3-5-17(6-4-16)27-21(32)13-18-14-26-30(2)29-18/h14,16-17H,3-13,15H2,1-2H3,(H,27,32). The number of fused-ring (bicyclic) bond motifs is 1. The molecule has 0 spiro atoms. The Morgan fingerprint density at radius 1 is 1.26 bits per heavy atom. The van der Waals surface area contributed by atoms with Crippen molar-refractivity contribution >= 4 is 17.2 Å². The van der Waals surface area contributed by atoms with Crippen LogP contribution in [0.2, 0.25) is 0 Å². The van der Waals surface area contributed by atoms with Crippen LogP contribution in [0.25, 0.3) is 0 Å². The van der Waals surface area contributed by atoms with Crippen molar-refractivity contribution in [2.24, 2.45) is 13.0 Å². The number of alkyl halides is 2. The Morgan fingerprint density at radius 2 is 2.03 bits per heavy atom.